The Hall–Kier alpha value is -2.40. The molecule has 6 nitrogen and oxygen atoms in total. The van der Waals surface area contributed by atoms with Crippen LogP contribution in [0.4, 0.5) is 27.8 Å². The minimum Gasteiger partial charge on any atom is -0.381 e. The van der Waals surface area contributed by atoms with E-state index in [1.807, 2.05) is 0 Å². The molecule has 1 saturated carbocycles. The van der Waals surface area contributed by atoms with Gasteiger partial charge in [-0.2, -0.15) is 13.2 Å². The second kappa shape index (κ2) is 9.81. The van der Waals surface area contributed by atoms with Gasteiger partial charge in [0, 0.05) is 59.0 Å². The summed E-state index contributed by atoms with van der Waals surface area (Å²) in [6.07, 6.45) is -0.739. The van der Waals surface area contributed by atoms with Crippen molar-refractivity contribution in [3.8, 4) is 11.3 Å². The Labute approximate surface area is 209 Å². The van der Waals surface area contributed by atoms with Crippen molar-refractivity contribution in [3.63, 3.8) is 0 Å². The third-order valence-electron chi connectivity index (χ3n) is 7.52. The van der Waals surface area contributed by atoms with Gasteiger partial charge in [0.2, 0.25) is 0 Å². The first-order valence-corrected chi connectivity index (χ1v) is 12.2. The van der Waals surface area contributed by atoms with Crippen molar-refractivity contribution < 1.29 is 29.4 Å². The van der Waals surface area contributed by atoms with Crippen LogP contribution in [0.3, 0.4) is 0 Å². The Morgan fingerprint density at radius 2 is 1.81 bits per heavy atom. The Kier molecular flexibility index (Phi) is 6.21. The van der Waals surface area contributed by atoms with Crippen LogP contribution in [0.25, 0.3) is 11.3 Å². The molecule has 11 heteroatoms. The van der Waals surface area contributed by atoms with Crippen molar-refractivity contribution in [1.82, 2.24) is 20.1 Å². The highest BCUT2D eigenvalue weighted by atomic mass is 19.4. The summed E-state index contributed by atoms with van der Waals surface area (Å²) in [6.45, 7) is -0.0524. The average Bonchev–Trinajstić information content (AvgIpc) is 3.44. The summed E-state index contributed by atoms with van der Waals surface area (Å²) in [5.41, 5.74) is -0.292. The third kappa shape index (κ3) is 5.32. The number of hydrogen-bond donors (Lipinski definition) is 1. The van der Waals surface area contributed by atoms with Gasteiger partial charge in [-0.25, -0.2) is 8.78 Å². The number of nitrogens with zero attached hydrogens (tertiary/aromatic N) is 4. The maximum Gasteiger partial charge on any atom is 0.417 e. The van der Waals surface area contributed by atoms with Crippen LogP contribution in [0.1, 0.15) is 39.6 Å². The predicted molar refractivity (Wildman–Crippen MR) is 124 cm³/mol. The molecule has 0 aromatic carbocycles. The lowest BCUT2D eigenvalue weighted by Gasteiger charge is -2.33. The second-order valence-corrected chi connectivity index (χ2v) is 10.0. The molecule has 3 aliphatic rings. The van der Waals surface area contributed by atoms with Gasteiger partial charge >= 0.3 is 6.18 Å². The van der Waals surface area contributed by atoms with Gasteiger partial charge in [-0.1, -0.05) is 0 Å². The summed E-state index contributed by atoms with van der Waals surface area (Å²) in [7, 11) is 0. The van der Waals surface area contributed by atoms with E-state index in [9.17, 15) is 13.2 Å². The van der Waals surface area contributed by atoms with E-state index in [2.05, 4.69) is 20.5 Å². The van der Waals surface area contributed by atoms with E-state index < -0.39 is 30.1 Å². The number of hydrogen-bond acceptors (Lipinski definition) is 6. The van der Waals surface area contributed by atoms with Gasteiger partial charge in [-0.05, 0) is 62.1 Å². The number of nitrogens with one attached hydrogen (secondary N) is 1. The van der Waals surface area contributed by atoms with Crippen LogP contribution >= 0.6 is 0 Å². The number of likely N-dealkylation sites (tertiary alicyclic amines) is 1. The zero-order chi connectivity index (χ0) is 27.3. The number of anilines is 1. The average molecular weight is 514 g/mol. The standard InChI is InChI=1S/C25H30F5N5O/c1-15-8-22(20-11-31-5-2-21(20)25(28,29)30)33-34-23(15)32-19-9-16-12-35(13-17(16)10-19)14-24(26,27)18-3-6-36-7-4-18/h2,5,8,11,16-19H,3-4,6-7,9-10,12-14H2,1H3,(H,32,34)/t16-,17+,19?/i14D2. The van der Waals surface area contributed by atoms with Gasteiger partial charge in [-0.3, -0.25) is 9.88 Å². The van der Waals surface area contributed by atoms with Gasteiger partial charge in [0.05, 0.1) is 17.8 Å². The van der Waals surface area contributed by atoms with Crippen LogP contribution in [0, 0.1) is 24.7 Å². The van der Waals surface area contributed by atoms with Gasteiger partial charge in [0.15, 0.2) is 5.82 Å². The second-order valence-electron chi connectivity index (χ2n) is 10.0. The lowest BCUT2D eigenvalue weighted by atomic mass is 9.92. The predicted octanol–water partition coefficient (Wildman–Crippen LogP) is 5.05. The first kappa shape index (κ1) is 22.8. The molecule has 5 rings (SSSR count). The van der Waals surface area contributed by atoms with E-state index in [1.54, 1.807) is 6.92 Å². The van der Waals surface area contributed by atoms with Crippen molar-refractivity contribution in [2.45, 2.75) is 50.7 Å². The number of pyridine rings is 1. The summed E-state index contributed by atoms with van der Waals surface area (Å²) < 4.78 is 92.4. The van der Waals surface area contributed by atoms with Crippen LogP contribution in [0.2, 0.25) is 0 Å². The fourth-order valence-corrected chi connectivity index (χ4v) is 5.67. The van der Waals surface area contributed by atoms with Crippen LogP contribution in [0.5, 0.6) is 0 Å². The van der Waals surface area contributed by atoms with Crippen molar-refractivity contribution in [2.24, 2.45) is 17.8 Å². The van der Waals surface area contributed by atoms with Crippen LogP contribution in [-0.2, 0) is 10.9 Å². The number of alkyl halides is 5. The molecule has 36 heavy (non-hydrogen) atoms. The van der Waals surface area contributed by atoms with Gasteiger partial charge in [0.25, 0.3) is 5.92 Å². The summed E-state index contributed by atoms with van der Waals surface area (Å²) in [5.74, 6) is -3.93. The fraction of sp³-hybridized carbons (Fsp3) is 0.640. The Balaban J connectivity index is 1.23. The molecular weight excluding hydrogens is 481 g/mol. The molecule has 3 atom stereocenters. The molecule has 1 N–H and O–H groups in total. The molecule has 196 valence electrons. The number of rotatable bonds is 6. The molecule has 2 aromatic rings. The van der Waals surface area contributed by atoms with Crippen LogP contribution in [-0.4, -0.2) is 64.8 Å². The van der Waals surface area contributed by atoms with E-state index >= 15 is 8.78 Å². The molecular formula is C25H30F5N5O. The normalized spacial score (nSPS) is 27.0. The SMILES string of the molecule is [2H]C([2H])(N1C[C@H]2CC(Nc3nnc(-c4cnccc4C(F)(F)F)cc3C)C[C@H]2C1)C(F)(F)C1CCOCC1. The summed E-state index contributed by atoms with van der Waals surface area (Å²) in [6, 6.07) is 2.42. The number of halogens is 5. The van der Waals surface area contributed by atoms with E-state index in [-0.39, 0.29) is 68.3 Å². The van der Waals surface area contributed by atoms with Gasteiger partial charge in [-0.15, -0.1) is 10.2 Å². The highest BCUT2D eigenvalue weighted by Gasteiger charge is 2.47. The minimum atomic E-state index is -4.55. The molecule has 2 saturated heterocycles. The monoisotopic (exact) mass is 513 g/mol. The molecule has 1 aliphatic carbocycles. The molecule has 0 spiro atoms. The highest BCUT2D eigenvalue weighted by Crippen LogP contribution is 2.42. The Bertz CT molecular complexity index is 1150. The quantitative estimate of drug-likeness (QED) is 0.546. The van der Waals surface area contributed by atoms with Crippen molar-refractivity contribution >= 4 is 5.82 Å². The highest BCUT2D eigenvalue weighted by molar-refractivity contribution is 5.65. The first-order chi connectivity index (χ1) is 17.9. The molecule has 0 radical (unpaired) electrons. The smallest absolute Gasteiger partial charge is 0.381 e. The zero-order valence-corrected chi connectivity index (χ0v) is 19.9. The number of ether oxygens (including phenoxy) is 1. The maximum atomic E-state index is 15.2. The Morgan fingerprint density at radius 1 is 1.11 bits per heavy atom. The minimum absolute atomic E-state index is 0.0167. The summed E-state index contributed by atoms with van der Waals surface area (Å²) in [5, 5.41) is 11.5. The summed E-state index contributed by atoms with van der Waals surface area (Å²) >= 11 is 0. The molecule has 4 heterocycles. The van der Waals surface area contributed by atoms with E-state index in [0.717, 1.165) is 18.5 Å². The van der Waals surface area contributed by atoms with Crippen molar-refractivity contribution in [2.75, 3.05) is 38.1 Å². The fourth-order valence-electron chi connectivity index (χ4n) is 5.67. The maximum absolute atomic E-state index is 15.2. The van der Waals surface area contributed by atoms with Gasteiger partial charge < -0.3 is 10.1 Å². The molecule has 0 bridgehead atoms. The lowest BCUT2D eigenvalue weighted by molar-refractivity contribution is -0.137. The Morgan fingerprint density at radius 3 is 2.44 bits per heavy atom. The van der Waals surface area contributed by atoms with E-state index in [4.69, 9.17) is 7.48 Å². The molecule has 2 aromatic heterocycles. The number of aryl methyl sites for hydroxylation is 1. The zero-order valence-electron chi connectivity index (χ0n) is 21.9. The number of aromatic nitrogens is 3. The third-order valence-corrected chi connectivity index (χ3v) is 7.52. The largest absolute Gasteiger partial charge is 0.417 e. The van der Waals surface area contributed by atoms with E-state index in [1.165, 1.54) is 11.0 Å². The van der Waals surface area contributed by atoms with Crippen molar-refractivity contribution in [1.29, 1.82) is 0 Å². The lowest BCUT2D eigenvalue weighted by Crippen LogP contribution is -2.43. The molecule has 1 unspecified atom stereocenters. The molecule has 2 aliphatic heterocycles. The molecule has 0 amide bonds. The molecule has 3 fully saturated rings. The summed E-state index contributed by atoms with van der Waals surface area (Å²) in [4.78, 5) is 5.11. The van der Waals surface area contributed by atoms with Crippen molar-refractivity contribution in [3.05, 3.63) is 35.7 Å². The first-order valence-electron chi connectivity index (χ1n) is 13.2. The van der Waals surface area contributed by atoms with Crippen LogP contribution in [0.15, 0.2) is 24.5 Å². The van der Waals surface area contributed by atoms with Gasteiger partial charge in [0.1, 0.15) is 0 Å². The number of fused-ring (bicyclic) bond motifs is 1. The topological polar surface area (TPSA) is 63.2 Å². The van der Waals surface area contributed by atoms with E-state index in [0.29, 0.717) is 24.2 Å². The van der Waals surface area contributed by atoms with Crippen LogP contribution < -0.4 is 5.32 Å².